The highest BCUT2D eigenvalue weighted by molar-refractivity contribution is 7.10. The molecule has 2 aromatic rings. The van der Waals surface area contributed by atoms with Crippen molar-refractivity contribution < 1.29 is 14.2 Å². The van der Waals surface area contributed by atoms with Gasteiger partial charge in [0, 0.05) is 29.6 Å². The van der Waals surface area contributed by atoms with Crippen LogP contribution >= 0.6 is 11.3 Å². The highest BCUT2D eigenvalue weighted by Gasteiger charge is 2.35. The Hall–Kier alpha value is -1.72. The maximum Gasteiger partial charge on any atom is 0.203 e. The van der Waals surface area contributed by atoms with Gasteiger partial charge in [-0.15, -0.1) is 11.3 Å². The van der Waals surface area contributed by atoms with Gasteiger partial charge in [0.2, 0.25) is 5.75 Å². The largest absolute Gasteiger partial charge is 0.493 e. The van der Waals surface area contributed by atoms with E-state index in [4.69, 9.17) is 14.2 Å². The predicted molar refractivity (Wildman–Crippen MR) is 91.0 cm³/mol. The fourth-order valence-corrected chi connectivity index (χ4v) is 4.84. The molecule has 0 amide bonds. The number of ether oxygens (including phenoxy) is 3. The second-order valence-corrected chi connectivity index (χ2v) is 7.02. The van der Waals surface area contributed by atoms with E-state index in [9.17, 15) is 0 Å². The molecular weight excluding hydrogens is 310 g/mol. The van der Waals surface area contributed by atoms with Crippen LogP contribution in [-0.2, 0) is 19.4 Å². The molecule has 23 heavy (non-hydrogen) atoms. The summed E-state index contributed by atoms with van der Waals surface area (Å²) in [6.45, 7) is 2.01. The first-order valence-corrected chi connectivity index (χ1v) is 8.75. The van der Waals surface area contributed by atoms with Crippen LogP contribution in [0.5, 0.6) is 17.2 Å². The molecule has 0 bridgehead atoms. The molecule has 1 aromatic heterocycles. The minimum Gasteiger partial charge on any atom is -0.493 e. The Morgan fingerprint density at radius 3 is 2.70 bits per heavy atom. The van der Waals surface area contributed by atoms with Crippen molar-refractivity contribution in [1.82, 2.24) is 4.90 Å². The van der Waals surface area contributed by atoms with Crippen LogP contribution in [-0.4, -0.2) is 32.8 Å². The first-order valence-electron chi connectivity index (χ1n) is 7.87. The van der Waals surface area contributed by atoms with Crippen LogP contribution < -0.4 is 14.2 Å². The van der Waals surface area contributed by atoms with Crippen molar-refractivity contribution in [3.8, 4) is 17.2 Å². The second kappa shape index (κ2) is 5.73. The Kier molecular flexibility index (Phi) is 3.70. The Labute approximate surface area is 140 Å². The van der Waals surface area contributed by atoms with Gasteiger partial charge < -0.3 is 14.2 Å². The molecule has 0 saturated carbocycles. The Morgan fingerprint density at radius 1 is 1.13 bits per heavy atom. The summed E-state index contributed by atoms with van der Waals surface area (Å²) in [5.41, 5.74) is 4.04. The van der Waals surface area contributed by atoms with Gasteiger partial charge in [0.1, 0.15) is 0 Å². The van der Waals surface area contributed by atoms with E-state index in [1.165, 1.54) is 16.7 Å². The maximum atomic E-state index is 5.68. The average molecular weight is 331 g/mol. The van der Waals surface area contributed by atoms with Gasteiger partial charge in [-0.05, 0) is 41.5 Å². The van der Waals surface area contributed by atoms with Gasteiger partial charge in [-0.25, -0.2) is 0 Å². The SMILES string of the molecule is COc1cc2c(c(OC)c1OC)CN1CCc3sccc3C1C2. The van der Waals surface area contributed by atoms with Crippen molar-refractivity contribution in [3.63, 3.8) is 0 Å². The third-order valence-electron chi connectivity index (χ3n) is 5.01. The van der Waals surface area contributed by atoms with E-state index in [1.54, 1.807) is 26.2 Å². The summed E-state index contributed by atoms with van der Waals surface area (Å²) in [6, 6.07) is 4.88. The third-order valence-corrected chi connectivity index (χ3v) is 6.00. The number of fused-ring (bicyclic) bond motifs is 4. The molecule has 2 aliphatic rings. The van der Waals surface area contributed by atoms with E-state index in [0.717, 1.165) is 37.4 Å². The maximum absolute atomic E-state index is 5.68. The molecule has 1 aromatic carbocycles. The topological polar surface area (TPSA) is 30.9 Å². The summed E-state index contributed by atoms with van der Waals surface area (Å²) in [5.74, 6) is 2.26. The summed E-state index contributed by atoms with van der Waals surface area (Å²) in [4.78, 5) is 4.10. The predicted octanol–water partition coefficient (Wildman–Crippen LogP) is 3.43. The zero-order valence-electron chi connectivity index (χ0n) is 13.7. The van der Waals surface area contributed by atoms with Crippen LogP contribution in [0.25, 0.3) is 0 Å². The number of nitrogens with zero attached hydrogens (tertiary/aromatic N) is 1. The van der Waals surface area contributed by atoms with Gasteiger partial charge in [0.15, 0.2) is 11.5 Å². The van der Waals surface area contributed by atoms with E-state index in [0.29, 0.717) is 11.8 Å². The van der Waals surface area contributed by atoms with Crippen molar-refractivity contribution in [2.24, 2.45) is 0 Å². The van der Waals surface area contributed by atoms with Crippen LogP contribution in [0, 0.1) is 0 Å². The third kappa shape index (κ3) is 2.22. The lowest BCUT2D eigenvalue weighted by atomic mass is 9.86. The first kappa shape index (κ1) is 14.8. The molecule has 1 atom stereocenters. The van der Waals surface area contributed by atoms with Crippen molar-refractivity contribution in [2.45, 2.75) is 25.4 Å². The number of hydrogen-bond acceptors (Lipinski definition) is 5. The van der Waals surface area contributed by atoms with Gasteiger partial charge >= 0.3 is 0 Å². The molecule has 4 nitrogen and oxygen atoms in total. The van der Waals surface area contributed by atoms with Crippen molar-refractivity contribution in [3.05, 3.63) is 39.1 Å². The number of rotatable bonds is 3. The molecule has 0 N–H and O–H groups in total. The fourth-order valence-electron chi connectivity index (χ4n) is 3.91. The van der Waals surface area contributed by atoms with E-state index in [1.807, 2.05) is 11.3 Å². The monoisotopic (exact) mass is 331 g/mol. The number of methoxy groups -OCH3 is 3. The van der Waals surface area contributed by atoms with E-state index >= 15 is 0 Å². The number of benzene rings is 1. The molecule has 0 spiro atoms. The molecule has 4 rings (SSSR count). The zero-order valence-corrected chi connectivity index (χ0v) is 14.5. The quantitative estimate of drug-likeness (QED) is 0.862. The minimum absolute atomic E-state index is 0.473. The van der Waals surface area contributed by atoms with Gasteiger partial charge in [0.25, 0.3) is 0 Å². The van der Waals surface area contributed by atoms with E-state index in [-0.39, 0.29) is 0 Å². The Balaban J connectivity index is 1.82. The Bertz CT molecular complexity index is 740. The molecule has 5 heteroatoms. The zero-order chi connectivity index (χ0) is 16.0. The van der Waals surface area contributed by atoms with Crippen molar-refractivity contribution in [2.75, 3.05) is 27.9 Å². The second-order valence-electron chi connectivity index (χ2n) is 6.02. The van der Waals surface area contributed by atoms with Crippen LogP contribution in [0.2, 0.25) is 0 Å². The molecule has 3 heterocycles. The fraction of sp³-hybridized carbons (Fsp3) is 0.444. The standard InChI is InChI=1S/C18H21NO3S/c1-20-15-9-11-8-14-12-5-7-23-16(12)4-6-19(14)10-13(11)17(21-2)18(15)22-3/h5,7,9,14H,4,6,8,10H2,1-3H3. The lowest BCUT2D eigenvalue weighted by molar-refractivity contribution is 0.159. The number of thiophene rings is 1. The normalized spacial score (nSPS) is 19.5. The molecule has 122 valence electrons. The van der Waals surface area contributed by atoms with Crippen LogP contribution in [0.3, 0.4) is 0 Å². The molecule has 0 saturated heterocycles. The van der Waals surface area contributed by atoms with Gasteiger partial charge in [-0.3, -0.25) is 4.90 Å². The lowest BCUT2D eigenvalue weighted by Gasteiger charge is -2.41. The van der Waals surface area contributed by atoms with E-state index in [2.05, 4.69) is 22.4 Å². The Morgan fingerprint density at radius 2 is 1.96 bits per heavy atom. The van der Waals surface area contributed by atoms with Gasteiger partial charge in [-0.1, -0.05) is 0 Å². The molecular formula is C18H21NO3S. The summed E-state index contributed by atoms with van der Waals surface area (Å²) in [7, 11) is 5.05. The number of hydrogen-bond donors (Lipinski definition) is 0. The van der Waals surface area contributed by atoms with Gasteiger partial charge in [0.05, 0.1) is 21.3 Å². The summed E-state index contributed by atoms with van der Waals surface area (Å²) < 4.78 is 16.7. The summed E-state index contributed by atoms with van der Waals surface area (Å²) in [5, 5.41) is 2.22. The lowest BCUT2D eigenvalue weighted by Crippen LogP contribution is -2.38. The van der Waals surface area contributed by atoms with Gasteiger partial charge in [-0.2, -0.15) is 0 Å². The van der Waals surface area contributed by atoms with E-state index < -0.39 is 0 Å². The average Bonchev–Trinajstić information content (AvgIpc) is 3.07. The van der Waals surface area contributed by atoms with Crippen LogP contribution in [0.15, 0.2) is 17.5 Å². The van der Waals surface area contributed by atoms with Crippen LogP contribution in [0.1, 0.15) is 27.6 Å². The van der Waals surface area contributed by atoms with Crippen LogP contribution in [0.4, 0.5) is 0 Å². The molecule has 0 radical (unpaired) electrons. The first-order chi connectivity index (χ1) is 11.3. The summed E-state index contributed by atoms with van der Waals surface area (Å²) >= 11 is 1.89. The molecule has 0 fully saturated rings. The highest BCUT2D eigenvalue weighted by atomic mass is 32.1. The summed E-state index contributed by atoms with van der Waals surface area (Å²) in [6.07, 6.45) is 2.14. The molecule has 2 aliphatic heterocycles. The highest BCUT2D eigenvalue weighted by Crippen LogP contribution is 2.48. The minimum atomic E-state index is 0.473. The smallest absolute Gasteiger partial charge is 0.203 e. The van der Waals surface area contributed by atoms with Crippen molar-refractivity contribution >= 4 is 11.3 Å². The van der Waals surface area contributed by atoms with Crippen molar-refractivity contribution in [1.29, 1.82) is 0 Å². The molecule has 0 aliphatic carbocycles. The molecule has 1 unspecified atom stereocenters.